The lowest BCUT2D eigenvalue weighted by atomic mass is 10.1. The molecule has 34 heavy (non-hydrogen) atoms. The number of hydrogen-bond acceptors (Lipinski definition) is 7. The van der Waals surface area contributed by atoms with Crippen LogP contribution in [0.1, 0.15) is 34.8 Å². The third-order valence-electron chi connectivity index (χ3n) is 5.63. The van der Waals surface area contributed by atoms with E-state index in [0.29, 0.717) is 29.5 Å². The first-order valence-corrected chi connectivity index (χ1v) is 11.1. The summed E-state index contributed by atoms with van der Waals surface area (Å²) in [5.41, 5.74) is 7.82. The molecule has 2 aromatic heterocycles. The van der Waals surface area contributed by atoms with Crippen molar-refractivity contribution in [1.29, 1.82) is 0 Å². The summed E-state index contributed by atoms with van der Waals surface area (Å²) in [6.07, 6.45) is 7.99. The summed E-state index contributed by atoms with van der Waals surface area (Å²) in [5.74, 6) is -0.252. The van der Waals surface area contributed by atoms with Gasteiger partial charge in [-0.2, -0.15) is 10.1 Å². The molecule has 0 bridgehead atoms. The average Bonchev–Trinajstić information content (AvgIpc) is 3.29. The monoisotopic (exact) mass is 480 g/mol. The molecular weight excluding hydrogens is 456 g/mol. The highest BCUT2D eigenvalue weighted by atomic mass is 35.5. The number of carbonyl (C=O) groups excluding carboxylic acids is 2. The van der Waals surface area contributed by atoms with E-state index in [9.17, 15) is 9.59 Å². The van der Waals surface area contributed by atoms with Gasteiger partial charge in [0.2, 0.25) is 11.9 Å². The molecule has 3 heterocycles. The molecular formula is C23H25ClN8O2. The minimum Gasteiger partial charge on any atom is -0.365 e. The second-order valence-corrected chi connectivity index (χ2v) is 8.40. The van der Waals surface area contributed by atoms with Crippen LogP contribution in [-0.2, 0) is 4.79 Å². The molecule has 0 aliphatic carbocycles. The molecule has 1 aliphatic heterocycles. The minimum atomic E-state index is -0.664. The Hall–Kier alpha value is -3.92. The fraction of sp³-hybridized carbons (Fsp3) is 0.261. The van der Waals surface area contributed by atoms with Crippen LogP contribution >= 0.6 is 11.6 Å². The lowest BCUT2D eigenvalue weighted by molar-refractivity contribution is -0.127. The fourth-order valence-electron chi connectivity index (χ4n) is 3.86. The largest absolute Gasteiger partial charge is 0.365 e. The molecule has 1 atom stereocenters. The predicted molar refractivity (Wildman–Crippen MR) is 131 cm³/mol. The fourth-order valence-corrected chi connectivity index (χ4v) is 4.13. The summed E-state index contributed by atoms with van der Waals surface area (Å²) in [4.78, 5) is 34.3. The van der Waals surface area contributed by atoms with Crippen LogP contribution in [0.4, 0.5) is 23.1 Å². The van der Waals surface area contributed by atoms with Crippen molar-refractivity contribution < 1.29 is 9.59 Å². The van der Waals surface area contributed by atoms with Crippen molar-refractivity contribution in [2.45, 2.75) is 25.8 Å². The molecule has 0 saturated carbocycles. The number of hydrogen-bond donors (Lipinski definition) is 3. The lowest BCUT2D eigenvalue weighted by Gasteiger charge is -2.32. The first-order valence-electron chi connectivity index (χ1n) is 10.8. The topological polar surface area (TPSA) is 131 Å². The van der Waals surface area contributed by atoms with Crippen LogP contribution in [0.15, 0.2) is 49.4 Å². The molecule has 1 aliphatic rings. The maximum Gasteiger partial charge on any atom is 0.254 e. The van der Waals surface area contributed by atoms with Crippen molar-refractivity contribution in [3.63, 3.8) is 0 Å². The Morgan fingerprint density at radius 2 is 2.12 bits per heavy atom. The van der Waals surface area contributed by atoms with E-state index >= 15 is 0 Å². The third kappa shape index (κ3) is 5.01. The van der Waals surface area contributed by atoms with Gasteiger partial charge in [0.15, 0.2) is 0 Å². The number of halogens is 1. The summed E-state index contributed by atoms with van der Waals surface area (Å²) in [7, 11) is 0. The van der Waals surface area contributed by atoms with Gasteiger partial charge < -0.3 is 21.3 Å². The number of aromatic nitrogens is 4. The number of aryl methyl sites for hydroxylation is 1. The van der Waals surface area contributed by atoms with Gasteiger partial charge in [0, 0.05) is 25.5 Å². The summed E-state index contributed by atoms with van der Waals surface area (Å²) >= 11 is 6.32. The average molecular weight is 481 g/mol. The Bertz CT molecular complexity index is 1220. The molecule has 4 rings (SSSR count). The number of likely N-dealkylation sites (tertiary alicyclic amines) is 1. The molecule has 0 radical (unpaired) electrons. The maximum absolute atomic E-state index is 12.0. The highest BCUT2D eigenvalue weighted by molar-refractivity contribution is 6.33. The Kier molecular flexibility index (Phi) is 6.78. The molecule has 0 spiro atoms. The Morgan fingerprint density at radius 1 is 1.29 bits per heavy atom. The SMILES string of the molecule is C=CC(=O)N1CCC[C@@H](n2cc(Nc3ncc(C(N)=O)c(Nc4c(C)cccc4Cl)n3)cn2)C1. The van der Waals surface area contributed by atoms with Gasteiger partial charge in [0.25, 0.3) is 5.91 Å². The predicted octanol–water partition coefficient (Wildman–Crippen LogP) is 3.57. The Balaban J connectivity index is 1.54. The second-order valence-electron chi connectivity index (χ2n) is 8.00. The van der Waals surface area contributed by atoms with Gasteiger partial charge in [-0.25, -0.2) is 4.98 Å². The molecule has 4 N–H and O–H groups in total. The molecule has 3 aromatic rings. The van der Waals surface area contributed by atoms with E-state index in [1.165, 1.54) is 12.3 Å². The molecule has 1 fully saturated rings. The number of nitrogens with two attached hydrogens (primary N) is 1. The quantitative estimate of drug-likeness (QED) is 0.440. The number of carbonyl (C=O) groups is 2. The van der Waals surface area contributed by atoms with Crippen LogP contribution in [0, 0.1) is 6.92 Å². The van der Waals surface area contributed by atoms with Gasteiger partial charge in [-0.15, -0.1) is 0 Å². The van der Waals surface area contributed by atoms with E-state index in [1.54, 1.807) is 17.2 Å². The van der Waals surface area contributed by atoms with Crippen molar-refractivity contribution in [1.82, 2.24) is 24.6 Å². The van der Waals surface area contributed by atoms with Crippen molar-refractivity contribution in [2.24, 2.45) is 5.73 Å². The zero-order chi connectivity index (χ0) is 24.2. The van der Waals surface area contributed by atoms with Gasteiger partial charge >= 0.3 is 0 Å². The number of para-hydroxylation sites is 1. The molecule has 1 saturated heterocycles. The van der Waals surface area contributed by atoms with E-state index in [2.05, 4.69) is 32.3 Å². The lowest BCUT2D eigenvalue weighted by Crippen LogP contribution is -2.39. The number of nitrogens with zero attached hydrogens (tertiary/aromatic N) is 5. The summed E-state index contributed by atoms with van der Waals surface area (Å²) < 4.78 is 1.83. The van der Waals surface area contributed by atoms with Crippen molar-refractivity contribution in [3.8, 4) is 0 Å². The summed E-state index contributed by atoms with van der Waals surface area (Å²) in [6, 6.07) is 5.53. The Labute approximate surface area is 201 Å². The number of amides is 2. The normalized spacial score (nSPS) is 15.6. The highest BCUT2D eigenvalue weighted by Gasteiger charge is 2.24. The van der Waals surface area contributed by atoms with Gasteiger partial charge in [-0.1, -0.05) is 30.3 Å². The number of rotatable bonds is 7. The van der Waals surface area contributed by atoms with Crippen molar-refractivity contribution in [3.05, 3.63) is 65.6 Å². The summed E-state index contributed by atoms with van der Waals surface area (Å²) in [5, 5.41) is 11.1. The van der Waals surface area contributed by atoms with Gasteiger partial charge in [0.05, 0.1) is 28.6 Å². The smallest absolute Gasteiger partial charge is 0.254 e. The first-order chi connectivity index (χ1) is 16.4. The first kappa shape index (κ1) is 23.2. The van der Waals surface area contributed by atoms with E-state index in [-0.39, 0.29) is 29.3 Å². The van der Waals surface area contributed by atoms with Gasteiger partial charge in [-0.05, 0) is 37.5 Å². The number of primary amides is 1. The van der Waals surface area contributed by atoms with Crippen molar-refractivity contribution >= 4 is 46.6 Å². The molecule has 0 unspecified atom stereocenters. The van der Waals surface area contributed by atoms with Gasteiger partial charge in [0.1, 0.15) is 11.4 Å². The zero-order valence-electron chi connectivity index (χ0n) is 18.7. The standard InChI is InChI=1S/C23H25ClN8O2/c1-3-19(33)31-9-5-7-16(13-31)32-12-15(10-27-32)28-23-26-11-17(21(25)34)22(30-23)29-20-14(2)6-4-8-18(20)24/h3-4,6,8,10-12,16H,1,5,7,9,13H2,2H3,(H2,25,34)(H2,26,28,29,30)/t16-/m1/s1. The van der Waals surface area contributed by atoms with Crippen molar-refractivity contribution in [2.75, 3.05) is 23.7 Å². The van der Waals surface area contributed by atoms with Crippen LogP contribution in [0.5, 0.6) is 0 Å². The Morgan fingerprint density at radius 3 is 2.85 bits per heavy atom. The molecule has 176 valence electrons. The molecule has 2 amide bonds. The van der Waals surface area contributed by atoms with Crippen LogP contribution in [0.3, 0.4) is 0 Å². The van der Waals surface area contributed by atoms with Crippen LogP contribution < -0.4 is 16.4 Å². The minimum absolute atomic E-state index is 0.0618. The number of piperidine rings is 1. The number of nitrogens with one attached hydrogen (secondary N) is 2. The molecule has 11 heteroatoms. The van der Waals surface area contributed by atoms with Crippen LogP contribution in [0.2, 0.25) is 5.02 Å². The van der Waals surface area contributed by atoms with Crippen LogP contribution in [-0.4, -0.2) is 49.6 Å². The third-order valence-corrected chi connectivity index (χ3v) is 5.95. The molecule has 1 aromatic carbocycles. The van der Waals surface area contributed by atoms with E-state index < -0.39 is 5.91 Å². The number of anilines is 4. The summed E-state index contributed by atoms with van der Waals surface area (Å²) in [6.45, 7) is 6.74. The van der Waals surface area contributed by atoms with Gasteiger partial charge in [-0.3, -0.25) is 14.3 Å². The highest BCUT2D eigenvalue weighted by Crippen LogP contribution is 2.30. The molecule has 10 nitrogen and oxygen atoms in total. The second kappa shape index (κ2) is 9.92. The van der Waals surface area contributed by atoms with E-state index in [1.807, 2.05) is 29.9 Å². The number of benzene rings is 1. The van der Waals surface area contributed by atoms with Crippen LogP contribution in [0.25, 0.3) is 0 Å². The zero-order valence-corrected chi connectivity index (χ0v) is 19.4. The maximum atomic E-state index is 12.0. The van der Waals surface area contributed by atoms with E-state index in [0.717, 1.165) is 18.4 Å². The van der Waals surface area contributed by atoms with E-state index in [4.69, 9.17) is 17.3 Å².